The van der Waals surface area contributed by atoms with E-state index in [1.165, 1.54) is 0 Å². The highest BCUT2D eigenvalue weighted by atomic mass is 16.5. The summed E-state index contributed by atoms with van der Waals surface area (Å²) in [6, 6.07) is 1.98. The maximum atomic E-state index is 5.15. The number of methoxy groups -OCH3 is 1. The van der Waals surface area contributed by atoms with Crippen molar-refractivity contribution in [3.05, 3.63) is 11.8 Å². The van der Waals surface area contributed by atoms with Crippen molar-refractivity contribution in [2.45, 2.75) is 40.5 Å². The quantitative estimate of drug-likeness (QED) is 0.728. The molecule has 1 aromatic heterocycles. The Morgan fingerprint density at radius 3 is 2.65 bits per heavy atom. The molecule has 0 unspecified atom stereocenters. The van der Waals surface area contributed by atoms with Gasteiger partial charge in [0, 0.05) is 38.6 Å². The fraction of sp³-hybridized carbons (Fsp3) is 0.733. The first-order valence-corrected chi connectivity index (χ1v) is 7.29. The normalized spacial score (nSPS) is 11.4. The van der Waals surface area contributed by atoms with Crippen LogP contribution in [0.1, 0.15) is 39.3 Å². The standard InChI is InChI=1S/C15H28N4O/c1-6-8-16-14-18-12(2)10-13(19-14)17-11-15(3,4)7-9-20-5/h10H,6-9,11H2,1-5H3,(H2,16,17,18,19). The number of aromatic nitrogens is 2. The van der Waals surface area contributed by atoms with Gasteiger partial charge in [-0.2, -0.15) is 4.98 Å². The predicted molar refractivity (Wildman–Crippen MR) is 84.3 cm³/mol. The summed E-state index contributed by atoms with van der Waals surface area (Å²) in [6.45, 7) is 11.1. The fourth-order valence-electron chi connectivity index (χ4n) is 1.77. The molecule has 2 N–H and O–H groups in total. The molecule has 1 aromatic rings. The van der Waals surface area contributed by atoms with Crippen molar-refractivity contribution in [1.82, 2.24) is 9.97 Å². The minimum absolute atomic E-state index is 0.172. The molecular weight excluding hydrogens is 252 g/mol. The highest BCUT2D eigenvalue weighted by Crippen LogP contribution is 2.21. The number of nitrogens with one attached hydrogen (secondary N) is 2. The minimum atomic E-state index is 0.172. The van der Waals surface area contributed by atoms with Gasteiger partial charge >= 0.3 is 0 Å². The molecule has 0 radical (unpaired) electrons. The third-order valence-corrected chi connectivity index (χ3v) is 3.12. The zero-order valence-electron chi connectivity index (χ0n) is 13.4. The average Bonchev–Trinajstić information content (AvgIpc) is 2.40. The Balaban J connectivity index is 2.60. The number of nitrogens with zero attached hydrogens (tertiary/aromatic N) is 2. The highest BCUT2D eigenvalue weighted by molar-refractivity contribution is 5.42. The molecule has 20 heavy (non-hydrogen) atoms. The summed E-state index contributed by atoms with van der Waals surface area (Å²) in [5, 5.41) is 6.63. The maximum absolute atomic E-state index is 5.15. The molecule has 0 saturated heterocycles. The van der Waals surface area contributed by atoms with Crippen molar-refractivity contribution in [1.29, 1.82) is 0 Å². The second kappa shape index (κ2) is 8.04. The lowest BCUT2D eigenvalue weighted by Crippen LogP contribution is -2.25. The topological polar surface area (TPSA) is 59.1 Å². The molecule has 0 atom stereocenters. The number of hydrogen-bond donors (Lipinski definition) is 2. The first-order chi connectivity index (χ1) is 9.46. The van der Waals surface area contributed by atoms with Gasteiger partial charge in [-0.3, -0.25) is 0 Å². The Bertz CT molecular complexity index is 407. The summed E-state index contributed by atoms with van der Waals surface area (Å²) in [5.41, 5.74) is 1.14. The molecule has 0 aromatic carbocycles. The van der Waals surface area contributed by atoms with E-state index in [2.05, 4.69) is 41.4 Å². The van der Waals surface area contributed by atoms with Crippen molar-refractivity contribution in [3.8, 4) is 0 Å². The van der Waals surface area contributed by atoms with Gasteiger partial charge in [0.1, 0.15) is 5.82 Å². The number of aryl methyl sites for hydroxylation is 1. The van der Waals surface area contributed by atoms with Crippen LogP contribution in [-0.2, 0) is 4.74 Å². The van der Waals surface area contributed by atoms with Gasteiger partial charge in [0.2, 0.25) is 5.95 Å². The van der Waals surface area contributed by atoms with E-state index < -0.39 is 0 Å². The van der Waals surface area contributed by atoms with Crippen molar-refractivity contribution in [2.75, 3.05) is 37.4 Å². The third-order valence-electron chi connectivity index (χ3n) is 3.12. The Hall–Kier alpha value is -1.36. The fourth-order valence-corrected chi connectivity index (χ4v) is 1.77. The number of hydrogen-bond acceptors (Lipinski definition) is 5. The lowest BCUT2D eigenvalue weighted by Gasteiger charge is -2.25. The van der Waals surface area contributed by atoms with Gasteiger partial charge < -0.3 is 15.4 Å². The first kappa shape index (κ1) is 16.7. The van der Waals surface area contributed by atoms with Crippen LogP contribution in [0.2, 0.25) is 0 Å². The van der Waals surface area contributed by atoms with Crippen molar-refractivity contribution in [2.24, 2.45) is 5.41 Å². The first-order valence-electron chi connectivity index (χ1n) is 7.29. The van der Waals surface area contributed by atoms with Crippen LogP contribution in [-0.4, -0.2) is 36.8 Å². The lowest BCUT2D eigenvalue weighted by atomic mass is 9.90. The zero-order chi connectivity index (χ0) is 15.0. The van der Waals surface area contributed by atoms with Crippen LogP contribution >= 0.6 is 0 Å². The molecule has 1 heterocycles. The van der Waals surface area contributed by atoms with Gasteiger partial charge in [-0.25, -0.2) is 4.98 Å². The molecule has 0 bridgehead atoms. The Kier molecular flexibility index (Phi) is 6.71. The summed E-state index contributed by atoms with van der Waals surface area (Å²) in [4.78, 5) is 8.87. The monoisotopic (exact) mass is 280 g/mol. The minimum Gasteiger partial charge on any atom is -0.385 e. The zero-order valence-corrected chi connectivity index (χ0v) is 13.4. The van der Waals surface area contributed by atoms with Gasteiger partial charge in [0.05, 0.1) is 0 Å². The Labute approximate surface area is 122 Å². The molecule has 1 rings (SSSR count). The predicted octanol–water partition coefficient (Wildman–Crippen LogP) is 3.08. The van der Waals surface area contributed by atoms with Crippen LogP contribution in [0.5, 0.6) is 0 Å². The second-order valence-corrected chi connectivity index (χ2v) is 5.91. The van der Waals surface area contributed by atoms with Gasteiger partial charge in [0.25, 0.3) is 0 Å². The highest BCUT2D eigenvalue weighted by Gasteiger charge is 2.17. The van der Waals surface area contributed by atoms with E-state index in [-0.39, 0.29) is 5.41 Å². The molecule has 0 aliphatic carbocycles. The summed E-state index contributed by atoms with van der Waals surface area (Å²) in [7, 11) is 1.74. The maximum Gasteiger partial charge on any atom is 0.224 e. The van der Waals surface area contributed by atoms with Crippen LogP contribution in [0.15, 0.2) is 6.07 Å². The number of anilines is 2. The van der Waals surface area contributed by atoms with E-state index in [0.717, 1.165) is 44.0 Å². The number of ether oxygens (including phenoxy) is 1. The molecule has 114 valence electrons. The SMILES string of the molecule is CCCNc1nc(C)cc(NCC(C)(C)CCOC)n1. The molecule has 0 aliphatic rings. The summed E-state index contributed by atoms with van der Waals surface area (Å²) in [5.74, 6) is 1.57. The summed E-state index contributed by atoms with van der Waals surface area (Å²) >= 11 is 0. The van der Waals surface area contributed by atoms with E-state index >= 15 is 0 Å². The molecule has 0 amide bonds. The molecule has 5 heteroatoms. The van der Waals surface area contributed by atoms with Gasteiger partial charge in [-0.1, -0.05) is 20.8 Å². The number of rotatable bonds is 9. The van der Waals surface area contributed by atoms with E-state index in [4.69, 9.17) is 4.74 Å². The van der Waals surface area contributed by atoms with Crippen LogP contribution in [0.3, 0.4) is 0 Å². The van der Waals surface area contributed by atoms with E-state index in [0.29, 0.717) is 5.95 Å². The van der Waals surface area contributed by atoms with Crippen LogP contribution < -0.4 is 10.6 Å². The Morgan fingerprint density at radius 2 is 2.00 bits per heavy atom. The largest absolute Gasteiger partial charge is 0.385 e. The van der Waals surface area contributed by atoms with Crippen LogP contribution in [0.25, 0.3) is 0 Å². The molecule has 5 nitrogen and oxygen atoms in total. The second-order valence-electron chi connectivity index (χ2n) is 5.91. The van der Waals surface area contributed by atoms with E-state index in [1.54, 1.807) is 7.11 Å². The van der Waals surface area contributed by atoms with Gasteiger partial charge in [0.15, 0.2) is 0 Å². The Morgan fingerprint density at radius 1 is 1.25 bits per heavy atom. The van der Waals surface area contributed by atoms with Gasteiger partial charge in [-0.05, 0) is 25.2 Å². The van der Waals surface area contributed by atoms with Gasteiger partial charge in [-0.15, -0.1) is 0 Å². The molecule has 0 saturated carbocycles. The van der Waals surface area contributed by atoms with Crippen molar-refractivity contribution >= 4 is 11.8 Å². The van der Waals surface area contributed by atoms with Crippen LogP contribution in [0, 0.1) is 12.3 Å². The molecule has 0 fully saturated rings. The van der Waals surface area contributed by atoms with E-state index in [9.17, 15) is 0 Å². The molecule has 0 aliphatic heterocycles. The van der Waals surface area contributed by atoms with E-state index in [1.807, 2.05) is 13.0 Å². The summed E-state index contributed by atoms with van der Waals surface area (Å²) < 4.78 is 5.15. The molecular formula is C15H28N4O. The average molecular weight is 280 g/mol. The third kappa shape index (κ3) is 6.19. The van der Waals surface area contributed by atoms with Crippen LogP contribution in [0.4, 0.5) is 11.8 Å². The lowest BCUT2D eigenvalue weighted by molar-refractivity contribution is 0.157. The van der Waals surface area contributed by atoms with Crippen molar-refractivity contribution < 1.29 is 4.74 Å². The summed E-state index contributed by atoms with van der Waals surface area (Å²) in [6.07, 6.45) is 2.08. The smallest absolute Gasteiger partial charge is 0.224 e. The van der Waals surface area contributed by atoms with Crippen molar-refractivity contribution in [3.63, 3.8) is 0 Å². The molecule has 0 spiro atoms.